The molecule has 148 valence electrons. The minimum atomic E-state index is -0.521. The zero-order valence-corrected chi connectivity index (χ0v) is 17.2. The highest BCUT2D eigenvalue weighted by Crippen LogP contribution is 2.30. The normalized spacial score (nSPS) is 10.9. The molecule has 0 aliphatic heterocycles. The fourth-order valence-electron chi connectivity index (χ4n) is 2.85. The number of benzene rings is 1. The van der Waals surface area contributed by atoms with Crippen molar-refractivity contribution in [3.05, 3.63) is 34.9 Å². The molecule has 8 heteroatoms. The molecule has 0 saturated heterocycles. The van der Waals surface area contributed by atoms with Crippen molar-refractivity contribution in [1.29, 1.82) is 5.26 Å². The number of hydrogen-bond donors (Lipinski definition) is 3. The summed E-state index contributed by atoms with van der Waals surface area (Å²) in [5.41, 5.74) is 7.65. The molecule has 1 heterocycles. The van der Waals surface area contributed by atoms with Gasteiger partial charge in [0, 0.05) is 31.9 Å². The van der Waals surface area contributed by atoms with Crippen molar-refractivity contribution < 1.29 is 4.79 Å². The number of amides is 1. The second-order valence-electron chi connectivity index (χ2n) is 7.89. The van der Waals surface area contributed by atoms with Crippen LogP contribution in [0.15, 0.2) is 18.2 Å². The second-order valence-corrected chi connectivity index (χ2v) is 7.89. The number of nitrogens with zero attached hydrogens (tertiary/aromatic N) is 4. The Morgan fingerprint density at radius 1 is 1.32 bits per heavy atom. The van der Waals surface area contributed by atoms with Crippen LogP contribution < -0.4 is 21.3 Å². The second kappa shape index (κ2) is 8.13. The van der Waals surface area contributed by atoms with Crippen molar-refractivity contribution in [3.63, 3.8) is 0 Å². The maximum atomic E-state index is 11.5. The van der Waals surface area contributed by atoms with Crippen LogP contribution in [0.3, 0.4) is 0 Å². The average Bonchev–Trinajstić information content (AvgIpc) is 2.61. The van der Waals surface area contributed by atoms with E-state index in [1.807, 2.05) is 18.9 Å². The largest absolute Gasteiger partial charge is 0.366 e. The van der Waals surface area contributed by atoms with Crippen LogP contribution in [0.25, 0.3) is 0 Å². The lowest BCUT2D eigenvalue weighted by molar-refractivity contribution is 0.100. The molecule has 4 N–H and O–H groups in total. The van der Waals surface area contributed by atoms with Crippen LogP contribution >= 0.6 is 0 Å². The number of aryl methyl sites for hydroxylation is 1. The standard InChI is InChI=1S/C20H27N7O/c1-12-7-8-13(16(22)28)9-15(12)24-17-14(10-21)18(26-19(23-5)25-17)27(6)11-20(2,3)4/h7-9H,11H2,1-6H3,(H2,22,28)(H2,23,24,25,26). The smallest absolute Gasteiger partial charge is 0.248 e. The first-order valence-electron chi connectivity index (χ1n) is 8.94. The molecule has 0 atom stereocenters. The molecular formula is C20H27N7O. The Morgan fingerprint density at radius 3 is 2.54 bits per heavy atom. The van der Waals surface area contributed by atoms with E-state index in [-0.39, 0.29) is 5.41 Å². The predicted molar refractivity (Wildman–Crippen MR) is 112 cm³/mol. The van der Waals surface area contributed by atoms with Gasteiger partial charge in [-0.15, -0.1) is 0 Å². The molecule has 1 aromatic heterocycles. The molecule has 0 radical (unpaired) electrons. The van der Waals surface area contributed by atoms with Gasteiger partial charge in [0.25, 0.3) is 0 Å². The summed E-state index contributed by atoms with van der Waals surface area (Å²) in [5.74, 6) is 0.763. The van der Waals surface area contributed by atoms with Gasteiger partial charge in [-0.25, -0.2) is 0 Å². The first-order chi connectivity index (χ1) is 13.1. The number of nitriles is 1. The van der Waals surface area contributed by atoms with Gasteiger partial charge in [0.1, 0.15) is 11.6 Å². The summed E-state index contributed by atoms with van der Waals surface area (Å²) in [5, 5.41) is 15.9. The van der Waals surface area contributed by atoms with Gasteiger partial charge in [-0.05, 0) is 30.0 Å². The quantitative estimate of drug-likeness (QED) is 0.703. The first-order valence-corrected chi connectivity index (χ1v) is 8.94. The molecule has 1 aromatic carbocycles. The zero-order chi connectivity index (χ0) is 21.1. The van der Waals surface area contributed by atoms with Crippen LogP contribution in [-0.2, 0) is 0 Å². The molecule has 28 heavy (non-hydrogen) atoms. The molecule has 0 unspecified atom stereocenters. The number of nitrogens with one attached hydrogen (secondary N) is 2. The maximum Gasteiger partial charge on any atom is 0.248 e. The van der Waals surface area contributed by atoms with Crippen molar-refractivity contribution in [2.24, 2.45) is 11.1 Å². The Morgan fingerprint density at radius 2 is 2.00 bits per heavy atom. The van der Waals surface area contributed by atoms with Crippen LogP contribution in [0.4, 0.5) is 23.3 Å². The fourth-order valence-corrected chi connectivity index (χ4v) is 2.85. The van der Waals surface area contributed by atoms with Crippen LogP contribution in [0.1, 0.15) is 42.3 Å². The first kappa shape index (κ1) is 21.0. The average molecular weight is 381 g/mol. The number of carbonyl (C=O) groups excluding carboxylic acids is 1. The number of hydrogen-bond acceptors (Lipinski definition) is 7. The van der Waals surface area contributed by atoms with Gasteiger partial charge in [0.15, 0.2) is 11.6 Å². The number of primary amides is 1. The third-order valence-corrected chi connectivity index (χ3v) is 4.07. The highest BCUT2D eigenvalue weighted by atomic mass is 16.1. The number of anilines is 4. The highest BCUT2D eigenvalue weighted by molar-refractivity contribution is 5.94. The van der Waals surface area contributed by atoms with Crippen LogP contribution in [0.2, 0.25) is 0 Å². The monoisotopic (exact) mass is 381 g/mol. The van der Waals surface area contributed by atoms with E-state index in [0.29, 0.717) is 40.9 Å². The summed E-state index contributed by atoms with van der Waals surface area (Å²) in [6, 6.07) is 7.32. The van der Waals surface area contributed by atoms with Crippen molar-refractivity contribution in [1.82, 2.24) is 9.97 Å². The molecular weight excluding hydrogens is 354 g/mol. The molecule has 0 aliphatic rings. The number of nitrogens with two attached hydrogens (primary N) is 1. The topological polar surface area (TPSA) is 120 Å². The molecule has 0 saturated carbocycles. The molecule has 0 aliphatic carbocycles. The van der Waals surface area contributed by atoms with E-state index in [9.17, 15) is 10.1 Å². The van der Waals surface area contributed by atoms with Gasteiger partial charge < -0.3 is 21.3 Å². The highest BCUT2D eigenvalue weighted by Gasteiger charge is 2.22. The Bertz CT molecular complexity index is 925. The van der Waals surface area contributed by atoms with Crippen LogP contribution in [0, 0.1) is 23.7 Å². The van der Waals surface area contributed by atoms with Crippen molar-refractivity contribution >= 4 is 29.2 Å². The summed E-state index contributed by atoms with van der Waals surface area (Å²) in [4.78, 5) is 22.4. The van der Waals surface area contributed by atoms with Gasteiger partial charge in [0.2, 0.25) is 11.9 Å². The Kier molecular flexibility index (Phi) is 6.09. The Hall–Kier alpha value is -3.34. The van der Waals surface area contributed by atoms with Gasteiger partial charge in [-0.3, -0.25) is 4.79 Å². The minimum Gasteiger partial charge on any atom is -0.366 e. The number of carbonyl (C=O) groups is 1. The van der Waals surface area contributed by atoms with Crippen molar-refractivity contribution in [2.75, 3.05) is 36.2 Å². The van der Waals surface area contributed by atoms with Gasteiger partial charge in [-0.2, -0.15) is 15.2 Å². The third kappa shape index (κ3) is 4.88. The predicted octanol–water partition coefficient (Wildman–Crippen LogP) is 3.02. The van der Waals surface area contributed by atoms with Gasteiger partial charge in [-0.1, -0.05) is 26.8 Å². The van der Waals surface area contributed by atoms with E-state index in [1.54, 1.807) is 25.2 Å². The number of aromatic nitrogens is 2. The zero-order valence-electron chi connectivity index (χ0n) is 17.2. The molecule has 0 bridgehead atoms. The Balaban J connectivity index is 2.56. The lowest BCUT2D eigenvalue weighted by Crippen LogP contribution is -2.30. The summed E-state index contributed by atoms with van der Waals surface area (Å²) in [7, 11) is 3.62. The molecule has 2 rings (SSSR count). The van der Waals surface area contributed by atoms with E-state index >= 15 is 0 Å². The van der Waals surface area contributed by atoms with E-state index < -0.39 is 5.91 Å². The maximum absolute atomic E-state index is 11.5. The lowest BCUT2D eigenvalue weighted by Gasteiger charge is -2.28. The van der Waals surface area contributed by atoms with E-state index in [0.717, 1.165) is 5.56 Å². The van der Waals surface area contributed by atoms with Crippen molar-refractivity contribution in [3.8, 4) is 6.07 Å². The van der Waals surface area contributed by atoms with Gasteiger partial charge >= 0.3 is 0 Å². The summed E-state index contributed by atoms with van der Waals surface area (Å²) in [6.45, 7) is 8.96. The molecule has 0 spiro atoms. The number of rotatable bonds is 6. The molecule has 0 fully saturated rings. The molecule has 1 amide bonds. The fraction of sp³-hybridized carbons (Fsp3) is 0.400. The van der Waals surface area contributed by atoms with E-state index in [1.165, 1.54) is 0 Å². The van der Waals surface area contributed by atoms with Crippen molar-refractivity contribution in [2.45, 2.75) is 27.7 Å². The summed E-state index contributed by atoms with van der Waals surface area (Å²) >= 11 is 0. The molecule has 2 aromatic rings. The minimum absolute atomic E-state index is 0.0201. The summed E-state index contributed by atoms with van der Waals surface area (Å²) < 4.78 is 0. The third-order valence-electron chi connectivity index (χ3n) is 4.07. The van der Waals surface area contributed by atoms with Gasteiger partial charge in [0.05, 0.1) is 0 Å². The lowest BCUT2D eigenvalue weighted by atomic mass is 9.96. The Labute approximate surface area is 165 Å². The summed E-state index contributed by atoms with van der Waals surface area (Å²) in [6.07, 6.45) is 0. The van der Waals surface area contributed by atoms with E-state index in [2.05, 4.69) is 47.4 Å². The molecule has 8 nitrogen and oxygen atoms in total. The SMILES string of the molecule is CNc1nc(Nc2cc(C(N)=O)ccc2C)c(C#N)c(N(C)CC(C)(C)C)n1. The van der Waals surface area contributed by atoms with Crippen LogP contribution in [-0.4, -0.2) is 36.5 Å². The van der Waals surface area contributed by atoms with Crippen LogP contribution in [0.5, 0.6) is 0 Å². The van der Waals surface area contributed by atoms with E-state index in [4.69, 9.17) is 5.73 Å².